The van der Waals surface area contributed by atoms with Crippen LogP contribution in [0.5, 0.6) is 0 Å². The lowest BCUT2D eigenvalue weighted by Gasteiger charge is -2.07. The maximum Gasteiger partial charge on any atom is 0.156 e. The number of ether oxygens (including phenoxy) is 1. The predicted molar refractivity (Wildman–Crippen MR) is 65.4 cm³/mol. The Balaban J connectivity index is 2.76. The van der Waals surface area contributed by atoms with Gasteiger partial charge in [0.15, 0.2) is 9.84 Å². The average molecular weight is 281 g/mol. The number of hydrogen-bond donors (Lipinski definition) is 0. The zero-order valence-electron chi connectivity index (χ0n) is 9.45. The van der Waals surface area contributed by atoms with E-state index in [9.17, 15) is 12.8 Å². The highest BCUT2D eigenvalue weighted by Crippen LogP contribution is 2.21. The Bertz CT molecular complexity index is 453. The molecule has 0 radical (unpaired) electrons. The summed E-state index contributed by atoms with van der Waals surface area (Å²) in [5.74, 6) is -1.13. The SMILES string of the molecule is CCOCCS(=O)(=O)Cc1c(F)cccc1Cl. The molecule has 1 aromatic rings. The molecule has 0 spiro atoms. The van der Waals surface area contributed by atoms with Crippen LogP contribution in [0.1, 0.15) is 12.5 Å². The van der Waals surface area contributed by atoms with Crippen LogP contribution in [-0.4, -0.2) is 27.4 Å². The highest BCUT2D eigenvalue weighted by molar-refractivity contribution is 7.90. The number of hydrogen-bond acceptors (Lipinski definition) is 3. The summed E-state index contributed by atoms with van der Waals surface area (Å²) in [5.41, 5.74) is 0.0191. The molecule has 0 saturated carbocycles. The Morgan fingerprint density at radius 3 is 2.71 bits per heavy atom. The molecular formula is C11H14ClFO3S. The molecule has 6 heteroatoms. The van der Waals surface area contributed by atoms with Gasteiger partial charge in [-0.2, -0.15) is 0 Å². The van der Waals surface area contributed by atoms with Crippen LogP contribution in [0, 0.1) is 5.82 Å². The lowest BCUT2D eigenvalue weighted by molar-refractivity contribution is 0.163. The van der Waals surface area contributed by atoms with Crippen molar-refractivity contribution in [2.45, 2.75) is 12.7 Å². The van der Waals surface area contributed by atoms with E-state index < -0.39 is 21.4 Å². The normalized spacial score (nSPS) is 11.7. The minimum Gasteiger partial charge on any atom is -0.381 e. The molecule has 0 aliphatic rings. The fraction of sp³-hybridized carbons (Fsp3) is 0.455. The summed E-state index contributed by atoms with van der Waals surface area (Å²) in [6, 6.07) is 4.10. The van der Waals surface area contributed by atoms with Crippen molar-refractivity contribution in [1.29, 1.82) is 0 Å². The lowest BCUT2D eigenvalue weighted by Crippen LogP contribution is -2.15. The van der Waals surface area contributed by atoms with Gasteiger partial charge in [0.05, 0.1) is 18.1 Å². The second-order valence-electron chi connectivity index (χ2n) is 3.49. The Hall–Kier alpha value is -0.650. The Morgan fingerprint density at radius 2 is 2.12 bits per heavy atom. The monoisotopic (exact) mass is 280 g/mol. The van der Waals surface area contributed by atoms with Gasteiger partial charge >= 0.3 is 0 Å². The van der Waals surface area contributed by atoms with Crippen molar-refractivity contribution >= 4 is 21.4 Å². The smallest absolute Gasteiger partial charge is 0.156 e. The molecule has 96 valence electrons. The van der Waals surface area contributed by atoms with Crippen LogP contribution in [0.4, 0.5) is 4.39 Å². The van der Waals surface area contributed by atoms with Crippen molar-refractivity contribution in [3.63, 3.8) is 0 Å². The van der Waals surface area contributed by atoms with E-state index in [0.29, 0.717) is 6.61 Å². The van der Waals surface area contributed by atoms with Gasteiger partial charge < -0.3 is 4.74 Å². The first-order chi connectivity index (χ1) is 7.96. The summed E-state index contributed by atoms with van der Waals surface area (Å²) in [6.07, 6.45) is 0. The lowest BCUT2D eigenvalue weighted by atomic mass is 10.2. The van der Waals surface area contributed by atoms with Gasteiger partial charge in [-0.3, -0.25) is 0 Å². The molecule has 0 unspecified atom stereocenters. The van der Waals surface area contributed by atoms with Gasteiger partial charge in [-0.15, -0.1) is 0 Å². The van der Waals surface area contributed by atoms with Crippen molar-refractivity contribution in [2.75, 3.05) is 19.0 Å². The summed E-state index contributed by atoms with van der Waals surface area (Å²) < 4.78 is 41.7. The van der Waals surface area contributed by atoms with Crippen LogP contribution in [0.3, 0.4) is 0 Å². The second-order valence-corrected chi connectivity index (χ2v) is 6.08. The van der Waals surface area contributed by atoms with Crippen LogP contribution in [0.25, 0.3) is 0 Å². The van der Waals surface area contributed by atoms with E-state index in [1.54, 1.807) is 6.92 Å². The standard InChI is InChI=1S/C11H14ClFO3S/c1-2-16-6-7-17(14,15)8-9-10(12)4-3-5-11(9)13/h3-5H,2,6-8H2,1H3. The second kappa shape index (κ2) is 6.33. The van der Waals surface area contributed by atoms with Crippen LogP contribution in [0.2, 0.25) is 5.02 Å². The molecule has 0 N–H and O–H groups in total. The fourth-order valence-corrected chi connectivity index (χ4v) is 2.85. The summed E-state index contributed by atoms with van der Waals surface area (Å²) in [5, 5.41) is 0.130. The zero-order chi connectivity index (χ0) is 12.9. The van der Waals surface area contributed by atoms with Crippen molar-refractivity contribution in [3.05, 3.63) is 34.6 Å². The van der Waals surface area contributed by atoms with Gasteiger partial charge in [-0.1, -0.05) is 17.7 Å². The molecule has 0 heterocycles. The Labute approximate surface area is 105 Å². The largest absolute Gasteiger partial charge is 0.381 e. The van der Waals surface area contributed by atoms with E-state index >= 15 is 0 Å². The first-order valence-electron chi connectivity index (χ1n) is 5.17. The molecule has 0 aliphatic heterocycles. The summed E-state index contributed by atoms with van der Waals surface area (Å²) in [6.45, 7) is 2.35. The maximum absolute atomic E-state index is 13.4. The average Bonchev–Trinajstić information content (AvgIpc) is 2.24. The van der Waals surface area contributed by atoms with Crippen LogP contribution in [0.15, 0.2) is 18.2 Å². The summed E-state index contributed by atoms with van der Waals surface area (Å²) in [7, 11) is -3.40. The van der Waals surface area contributed by atoms with E-state index in [1.165, 1.54) is 18.2 Å². The highest BCUT2D eigenvalue weighted by atomic mass is 35.5. The molecule has 17 heavy (non-hydrogen) atoms. The first kappa shape index (κ1) is 14.4. The minimum absolute atomic E-state index is 0.0191. The molecule has 0 atom stereocenters. The Kier molecular flexibility index (Phi) is 5.36. The van der Waals surface area contributed by atoms with Crippen LogP contribution < -0.4 is 0 Å². The molecule has 0 aromatic heterocycles. The van der Waals surface area contributed by atoms with Crippen molar-refractivity contribution in [3.8, 4) is 0 Å². The summed E-state index contributed by atoms with van der Waals surface area (Å²) >= 11 is 5.76. The van der Waals surface area contributed by atoms with Gasteiger partial charge in [-0.05, 0) is 19.1 Å². The van der Waals surface area contributed by atoms with Crippen LogP contribution in [-0.2, 0) is 20.3 Å². The van der Waals surface area contributed by atoms with Gasteiger partial charge in [-0.25, -0.2) is 12.8 Å². The minimum atomic E-state index is -3.40. The van der Waals surface area contributed by atoms with E-state index in [1.807, 2.05) is 0 Å². The number of halogens is 2. The maximum atomic E-state index is 13.4. The van der Waals surface area contributed by atoms with E-state index in [-0.39, 0.29) is 22.9 Å². The van der Waals surface area contributed by atoms with Gasteiger partial charge in [0, 0.05) is 17.2 Å². The van der Waals surface area contributed by atoms with Gasteiger partial charge in [0.2, 0.25) is 0 Å². The van der Waals surface area contributed by atoms with Crippen molar-refractivity contribution in [2.24, 2.45) is 0 Å². The van der Waals surface area contributed by atoms with E-state index in [0.717, 1.165) is 0 Å². The van der Waals surface area contributed by atoms with Crippen molar-refractivity contribution < 1.29 is 17.5 Å². The molecule has 0 bridgehead atoms. The van der Waals surface area contributed by atoms with E-state index in [4.69, 9.17) is 16.3 Å². The molecule has 1 aromatic carbocycles. The topological polar surface area (TPSA) is 43.4 Å². The first-order valence-corrected chi connectivity index (χ1v) is 7.37. The molecule has 0 saturated heterocycles. The van der Waals surface area contributed by atoms with Crippen molar-refractivity contribution in [1.82, 2.24) is 0 Å². The van der Waals surface area contributed by atoms with Gasteiger partial charge in [0.25, 0.3) is 0 Å². The predicted octanol–water partition coefficient (Wildman–Crippen LogP) is 2.43. The molecular weight excluding hydrogens is 267 g/mol. The molecule has 3 nitrogen and oxygen atoms in total. The number of rotatable bonds is 6. The quantitative estimate of drug-likeness (QED) is 0.752. The fourth-order valence-electron chi connectivity index (χ4n) is 1.29. The van der Waals surface area contributed by atoms with Gasteiger partial charge in [0.1, 0.15) is 5.82 Å². The third-order valence-electron chi connectivity index (χ3n) is 2.17. The number of benzene rings is 1. The van der Waals surface area contributed by atoms with Crippen LogP contribution >= 0.6 is 11.6 Å². The summed E-state index contributed by atoms with van der Waals surface area (Å²) in [4.78, 5) is 0. The molecule has 0 amide bonds. The highest BCUT2D eigenvalue weighted by Gasteiger charge is 2.17. The third-order valence-corrected chi connectivity index (χ3v) is 4.04. The Morgan fingerprint density at radius 1 is 1.41 bits per heavy atom. The zero-order valence-corrected chi connectivity index (χ0v) is 11.0. The molecule has 0 fully saturated rings. The third kappa shape index (κ3) is 4.61. The molecule has 1 rings (SSSR count). The van der Waals surface area contributed by atoms with E-state index in [2.05, 4.69) is 0 Å². The number of sulfone groups is 1. The molecule has 0 aliphatic carbocycles.